The van der Waals surface area contributed by atoms with Gasteiger partial charge >= 0.3 is 0 Å². The predicted octanol–water partition coefficient (Wildman–Crippen LogP) is 3.48. The number of benzene rings is 1. The van der Waals surface area contributed by atoms with Gasteiger partial charge in [-0.1, -0.05) is 29.8 Å². The Kier molecular flexibility index (Phi) is 3.14. The third kappa shape index (κ3) is 2.14. The number of carbonyl (C=O) groups is 1. The second-order valence-electron chi connectivity index (χ2n) is 4.99. The standard InChI is InChI=1S/C15H15N3OS/c1-9-4-6-12(7-5-9)13-8-20-15(16-13)18-14(19)10(2)11(3)17-18/h4-8,10H,1-3H3. The maximum atomic E-state index is 12.1. The van der Waals surface area contributed by atoms with Crippen molar-refractivity contribution in [2.45, 2.75) is 20.8 Å². The molecule has 0 bridgehead atoms. The average Bonchev–Trinajstić information content (AvgIpc) is 3.01. The summed E-state index contributed by atoms with van der Waals surface area (Å²) in [5.74, 6) is -0.158. The van der Waals surface area contributed by atoms with Crippen molar-refractivity contribution in [3.05, 3.63) is 35.2 Å². The van der Waals surface area contributed by atoms with Crippen LogP contribution in [0, 0.1) is 12.8 Å². The molecule has 0 spiro atoms. The highest BCUT2D eigenvalue weighted by atomic mass is 32.1. The van der Waals surface area contributed by atoms with Crippen LogP contribution in [-0.4, -0.2) is 16.6 Å². The lowest BCUT2D eigenvalue weighted by Gasteiger charge is -2.07. The second kappa shape index (κ2) is 4.83. The zero-order chi connectivity index (χ0) is 14.3. The van der Waals surface area contributed by atoms with Crippen molar-refractivity contribution in [1.82, 2.24) is 4.98 Å². The van der Waals surface area contributed by atoms with Crippen molar-refractivity contribution in [3.8, 4) is 11.3 Å². The fourth-order valence-electron chi connectivity index (χ4n) is 2.01. The van der Waals surface area contributed by atoms with E-state index in [1.54, 1.807) is 0 Å². The predicted molar refractivity (Wildman–Crippen MR) is 82.0 cm³/mol. The van der Waals surface area contributed by atoms with Crippen molar-refractivity contribution < 1.29 is 4.79 Å². The van der Waals surface area contributed by atoms with E-state index in [-0.39, 0.29) is 11.8 Å². The normalized spacial score (nSPS) is 18.6. The molecular formula is C15H15N3OS. The molecule has 0 N–H and O–H groups in total. The quantitative estimate of drug-likeness (QED) is 0.848. The van der Waals surface area contributed by atoms with Crippen molar-refractivity contribution >= 4 is 28.1 Å². The molecule has 1 unspecified atom stereocenters. The molecule has 1 aliphatic heterocycles. The van der Waals surface area contributed by atoms with Gasteiger partial charge in [0.15, 0.2) is 0 Å². The fraction of sp³-hybridized carbons (Fsp3) is 0.267. The van der Waals surface area contributed by atoms with Gasteiger partial charge in [0.1, 0.15) is 0 Å². The summed E-state index contributed by atoms with van der Waals surface area (Å²) in [6.45, 7) is 5.80. The molecule has 1 amide bonds. The maximum absolute atomic E-state index is 12.1. The molecule has 1 aromatic carbocycles. The molecule has 2 heterocycles. The van der Waals surface area contributed by atoms with Gasteiger partial charge in [0, 0.05) is 16.7 Å². The molecule has 0 saturated carbocycles. The number of anilines is 1. The molecule has 20 heavy (non-hydrogen) atoms. The zero-order valence-corrected chi connectivity index (χ0v) is 12.4. The summed E-state index contributed by atoms with van der Waals surface area (Å²) in [6.07, 6.45) is 0. The average molecular weight is 285 g/mol. The summed E-state index contributed by atoms with van der Waals surface area (Å²) < 4.78 is 0. The fourth-order valence-corrected chi connectivity index (χ4v) is 2.80. The van der Waals surface area contributed by atoms with Crippen LogP contribution in [0.2, 0.25) is 0 Å². The van der Waals surface area contributed by atoms with Gasteiger partial charge in [0.2, 0.25) is 5.13 Å². The topological polar surface area (TPSA) is 45.6 Å². The highest BCUT2D eigenvalue weighted by Gasteiger charge is 2.32. The maximum Gasteiger partial charge on any atom is 0.258 e. The van der Waals surface area contributed by atoms with E-state index in [1.165, 1.54) is 21.9 Å². The van der Waals surface area contributed by atoms with Gasteiger partial charge in [-0.25, -0.2) is 4.98 Å². The van der Waals surface area contributed by atoms with Crippen LogP contribution >= 0.6 is 11.3 Å². The molecule has 0 radical (unpaired) electrons. The monoisotopic (exact) mass is 285 g/mol. The van der Waals surface area contributed by atoms with Gasteiger partial charge in [-0.2, -0.15) is 10.1 Å². The van der Waals surface area contributed by atoms with Gasteiger partial charge in [-0.05, 0) is 20.8 Å². The minimum Gasteiger partial charge on any atom is -0.272 e. The highest BCUT2D eigenvalue weighted by Crippen LogP contribution is 2.30. The molecule has 4 nitrogen and oxygen atoms in total. The van der Waals surface area contributed by atoms with E-state index in [1.807, 2.05) is 31.4 Å². The van der Waals surface area contributed by atoms with Gasteiger partial charge < -0.3 is 0 Å². The molecule has 2 aromatic rings. The third-order valence-corrected chi connectivity index (χ3v) is 4.30. The number of hydrogen-bond donors (Lipinski definition) is 0. The van der Waals surface area contributed by atoms with Crippen molar-refractivity contribution in [2.24, 2.45) is 11.0 Å². The molecule has 3 rings (SSSR count). The minimum absolute atomic E-state index is 0.00712. The largest absolute Gasteiger partial charge is 0.272 e. The van der Waals surface area contributed by atoms with E-state index in [9.17, 15) is 4.79 Å². The Hall–Kier alpha value is -2.01. The molecule has 1 aromatic heterocycles. The molecule has 0 saturated heterocycles. The van der Waals surface area contributed by atoms with Gasteiger partial charge in [0.25, 0.3) is 5.91 Å². The van der Waals surface area contributed by atoms with Crippen molar-refractivity contribution in [3.63, 3.8) is 0 Å². The summed E-state index contributed by atoms with van der Waals surface area (Å²) in [4.78, 5) is 16.6. The van der Waals surface area contributed by atoms with Crippen LogP contribution in [0.25, 0.3) is 11.3 Å². The molecule has 0 fully saturated rings. The first-order chi connectivity index (χ1) is 9.56. The molecule has 5 heteroatoms. The van der Waals surface area contributed by atoms with Crippen LogP contribution in [0.15, 0.2) is 34.7 Å². The molecular weight excluding hydrogens is 270 g/mol. The summed E-state index contributed by atoms with van der Waals surface area (Å²) in [6, 6.07) is 8.19. The minimum atomic E-state index is -0.151. The summed E-state index contributed by atoms with van der Waals surface area (Å²) in [5, 5.41) is 8.30. The van der Waals surface area contributed by atoms with Crippen LogP contribution in [-0.2, 0) is 4.79 Å². The number of hydrogen-bond acceptors (Lipinski definition) is 4. The molecule has 102 valence electrons. The Labute approximate surface area is 121 Å². The Morgan fingerprint density at radius 2 is 1.90 bits per heavy atom. The molecule has 0 aliphatic carbocycles. The Morgan fingerprint density at radius 3 is 2.50 bits per heavy atom. The third-order valence-electron chi connectivity index (χ3n) is 3.48. The second-order valence-corrected chi connectivity index (χ2v) is 5.83. The number of aryl methyl sites for hydroxylation is 1. The number of rotatable bonds is 2. The lowest BCUT2D eigenvalue weighted by molar-refractivity contribution is -0.119. The van der Waals surface area contributed by atoms with Gasteiger partial charge in [0.05, 0.1) is 11.6 Å². The number of thiazole rings is 1. The van der Waals surface area contributed by atoms with E-state index in [2.05, 4.69) is 29.1 Å². The van der Waals surface area contributed by atoms with Crippen LogP contribution in [0.4, 0.5) is 5.13 Å². The van der Waals surface area contributed by atoms with Crippen LogP contribution in [0.5, 0.6) is 0 Å². The first-order valence-corrected chi connectivity index (χ1v) is 7.36. The van der Waals surface area contributed by atoms with Crippen LogP contribution < -0.4 is 5.01 Å². The lowest BCUT2D eigenvalue weighted by Crippen LogP contribution is -2.24. The SMILES string of the molecule is CC1=NN(c2nc(-c3ccc(C)cc3)cs2)C(=O)C1C. The van der Waals surface area contributed by atoms with E-state index in [0.717, 1.165) is 17.0 Å². The zero-order valence-electron chi connectivity index (χ0n) is 11.6. The van der Waals surface area contributed by atoms with Gasteiger partial charge in [-0.15, -0.1) is 11.3 Å². The molecule has 1 atom stereocenters. The summed E-state index contributed by atoms with van der Waals surface area (Å²) in [5.41, 5.74) is 3.98. The van der Waals surface area contributed by atoms with E-state index >= 15 is 0 Å². The lowest BCUT2D eigenvalue weighted by atomic mass is 10.1. The van der Waals surface area contributed by atoms with E-state index in [0.29, 0.717) is 5.13 Å². The van der Waals surface area contributed by atoms with Crippen LogP contribution in [0.1, 0.15) is 19.4 Å². The first-order valence-electron chi connectivity index (χ1n) is 6.48. The Balaban J connectivity index is 1.91. The van der Waals surface area contributed by atoms with Crippen molar-refractivity contribution in [2.75, 3.05) is 5.01 Å². The number of carbonyl (C=O) groups excluding carboxylic acids is 1. The summed E-state index contributed by atoms with van der Waals surface area (Å²) >= 11 is 1.44. The smallest absolute Gasteiger partial charge is 0.258 e. The number of aromatic nitrogens is 1. The van der Waals surface area contributed by atoms with E-state index < -0.39 is 0 Å². The summed E-state index contributed by atoms with van der Waals surface area (Å²) in [7, 11) is 0. The Bertz CT molecular complexity index is 687. The number of nitrogens with zero attached hydrogens (tertiary/aromatic N) is 3. The first kappa shape index (κ1) is 13.0. The van der Waals surface area contributed by atoms with E-state index in [4.69, 9.17) is 0 Å². The Morgan fingerprint density at radius 1 is 1.20 bits per heavy atom. The highest BCUT2D eigenvalue weighted by molar-refractivity contribution is 7.14. The van der Waals surface area contributed by atoms with Gasteiger partial charge in [-0.3, -0.25) is 4.79 Å². The van der Waals surface area contributed by atoms with Crippen molar-refractivity contribution in [1.29, 1.82) is 0 Å². The number of amides is 1. The number of hydrazone groups is 1. The molecule has 1 aliphatic rings. The van der Waals surface area contributed by atoms with Crippen LogP contribution in [0.3, 0.4) is 0 Å².